The van der Waals surface area contributed by atoms with Gasteiger partial charge in [-0.15, -0.1) is 22.7 Å². The predicted octanol–water partition coefficient (Wildman–Crippen LogP) is 11.5. The van der Waals surface area contributed by atoms with Gasteiger partial charge in [0.05, 0.1) is 57.6 Å². The molecule has 2 aliphatic rings. The Morgan fingerprint density at radius 2 is 0.943 bits per heavy atom. The zero-order valence-electron chi connectivity index (χ0n) is 52.7. The lowest BCUT2D eigenvalue weighted by Crippen LogP contribution is -2.44. The van der Waals surface area contributed by atoms with E-state index < -0.39 is 17.7 Å². The van der Waals surface area contributed by atoms with Crippen molar-refractivity contribution in [3.63, 3.8) is 0 Å². The number of ether oxygens (including phenoxy) is 1. The Balaban J connectivity index is 0.000000193. The third-order valence-corrected chi connectivity index (χ3v) is 17.2. The van der Waals surface area contributed by atoms with Crippen LogP contribution in [0.4, 0.5) is 39.4 Å². The summed E-state index contributed by atoms with van der Waals surface area (Å²) in [5, 5.41) is 22.9. The molecule has 23 heteroatoms. The van der Waals surface area contributed by atoms with E-state index >= 15 is 0 Å². The average Bonchev–Trinajstić information content (AvgIpc) is 4.45. The first-order chi connectivity index (χ1) is 41.7. The van der Waals surface area contributed by atoms with Crippen molar-refractivity contribution in [2.45, 2.75) is 106 Å². The Bertz CT molecular complexity index is 3630. The first-order valence-corrected chi connectivity index (χ1v) is 30.9. The van der Waals surface area contributed by atoms with Crippen LogP contribution in [0.3, 0.4) is 0 Å². The zero-order valence-corrected chi connectivity index (χ0v) is 54.4. The number of thiazole rings is 2. The number of carboxylic acids is 1. The van der Waals surface area contributed by atoms with Crippen LogP contribution in [0.2, 0.25) is 0 Å². The summed E-state index contributed by atoms with van der Waals surface area (Å²) in [5.74, 6) is 1.82. The molecule has 0 spiro atoms. The molecule has 2 fully saturated rings. The lowest BCUT2D eigenvalue weighted by molar-refractivity contribution is 0.0522. The quantitative estimate of drug-likeness (QED) is 0.0679. The van der Waals surface area contributed by atoms with Gasteiger partial charge in [-0.3, -0.25) is 4.79 Å². The maximum Gasteiger partial charge on any atom is 0.407 e. The summed E-state index contributed by atoms with van der Waals surface area (Å²) >= 11 is 2.68. The largest absolute Gasteiger partial charge is 0.477 e. The molecule has 10 rings (SSSR count). The van der Waals surface area contributed by atoms with Crippen molar-refractivity contribution >= 4 is 75.3 Å². The number of nitrogens with zero attached hydrogens (tertiary/aromatic N) is 12. The van der Waals surface area contributed by atoms with Gasteiger partial charge in [-0.2, -0.15) is 0 Å². The topological polar surface area (TPSA) is 245 Å². The molecule has 88 heavy (non-hydrogen) atoms. The van der Waals surface area contributed by atoms with Crippen LogP contribution < -0.4 is 31.1 Å². The Labute approximate surface area is 524 Å². The predicted molar refractivity (Wildman–Crippen MR) is 352 cm³/mol. The molecule has 8 aromatic rings. The molecule has 0 radical (unpaired) electrons. The highest BCUT2D eigenvalue weighted by molar-refractivity contribution is 7.14. The number of anilines is 6. The number of carbonyl (C=O) groups is 3. The molecule has 2 aliphatic heterocycles. The number of pyridine rings is 2. The number of alkyl carbamates (subject to hydrolysis) is 1. The number of aryl methyl sites for hydroxylation is 2. The first-order valence-electron chi connectivity index (χ1n) is 29.3. The maximum absolute atomic E-state index is 12.7. The minimum absolute atomic E-state index is 0.0572. The van der Waals surface area contributed by atoms with Crippen molar-refractivity contribution in [1.82, 2.24) is 60.3 Å². The van der Waals surface area contributed by atoms with Crippen molar-refractivity contribution < 1.29 is 24.2 Å². The van der Waals surface area contributed by atoms with Gasteiger partial charge in [0.15, 0.2) is 0 Å². The fourth-order valence-corrected chi connectivity index (χ4v) is 10.9. The highest BCUT2D eigenvalue weighted by atomic mass is 32.1. The average molecular weight is 1230 g/mol. The fourth-order valence-electron chi connectivity index (χ4n) is 9.15. The number of aromatic nitrogens is 8. The molecule has 2 saturated heterocycles. The first kappa shape index (κ1) is 65.5. The summed E-state index contributed by atoms with van der Waals surface area (Å²) in [7, 11) is 4.30. The van der Waals surface area contributed by atoms with Gasteiger partial charge in [0.1, 0.15) is 51.3 Å². The van der Waals surface area contributed by atoms with E-state index in [0.717, 1.165) is 130 Å². The molecule has 0 bridgehead atoms. The van der Waals surface area contributed by atoms with E-state index in [4.69, 9.17) is 9.84 Å². The Hall–Kier alpha value is -8.51. The number of aromatic carboxylic acids is 1. The van der Waals surface area contributed by atoms with Crippen molar-refractivity contribution in [2.24, 2.45) is 0 Å². The van der Waals surface area contributed by atoms with Gasteiger partial charge < -0.3 is 50.7 Å². The minimum Gasteiger partial charge on any atom is -0.477 e. The summed E-state index contributed by atoms with van der Waals surface area (Å²) in [6, 6.07) is 24.2. The van der Waals surface area contributed by atoms with Gasteiger partial charge in [-0.1, -0.05) is 65.8 Å². The number of carbonyl (C=O) groups excluding carboxylic acids is 2. The molecule has 2 amide bonds. The van der Waals surface area contributed by atoms with E-state index in [-0.39, 0.29) is 16.7 Å². The van der Waals surface area contributed by atoms with Crippen LogP contribution in [-0.2, 0) is 28.7 Å². The van der Waals surface area contributed by atoms with Crippen molar-refractivity contribution in [3.8, 4) is 22.5 Å². The van der Waals surface area contributed by atoms with Crippen LogP contribution in [0.5, 0.6) is 0 Å². The number of amides is 2. The molecule has 6 aromatic heterocycles. The molecule has 0 saturated carbocycles. The Morgan fingerprint density at radius 1 is 0.511 bits per heavy atom. The molecule has 0 aliphatic carbocycles. The lowest BCUT2D eigenvalue weighted by Gasteiger charge is -2.33. The van der Waals surface area contributed by atoms with Crippen molar-refractivity contribution in [1.29, 1.82) is 0 Å². The maximum atomic E-state index is 12.7. The second-order valence-corrected chi connectivity index (χ2v) is 27.0. The summed E-state index contributed by atoms with van der Waals surface area (Å²) < 4.78 is 5.31. The number of rotatable bonds is 14. The van der Waals surface area contributed by atoms with Crippen LogP contribution in [-0.4, -0.2) is 145 Å². The third kappa shape index (κ3) is 19.0. The standard InChI is InChI=1S/C30H36N8OS.C27H35N7O2.C8H11NO2S/c1-20-14-21(6-7-22(20)16-32-28(39)25-18-33-29(40-25)30(2,3)4)24-15-27(35-19-34-24)36-26-9-8-23(17-31-26)38-12-10-37(5)11-13-38;1-19-14-20(6-7-21(19)16-29-26(35)36-27(2,3)4)23-15-25(31-18-30-23)32-24-9-8-22(17-28-24)34-12-10-33(5)11-13-34;1-8(2,3)7-9-4-5(12-7)6(10)11/h6-9,14-15,17-19H,10-13,16H2,1-5H3,(H,32,39)(H,31,34,35,36);6-9,14-15,17-18H,10-13,16H2,1-5H3,(H,29,35)(H,28,30,31,32);4H,1-3H3,(H,10,11). The summed E-state index contributed by atoms with van der Waals surface area (Å²) in [6.07, 6.45) is 9.56. The molecule has 8 heterocycles. The van der Waals surface area contributed by atoms with Crippen molar-refractivity contribution in [2.75, 3.05) is 86.9 Å². The smallest absolute Gasteiger partial charge is 0.407 e. The normalized spacial score (nSPS) is 14.0. The second-order valence-electron chi connectivity index (χ2n) is 24.9. The number of benzene rings is 2. The summed E-state index contributed by atoms with van der Waals surface area (Å²) in [5.41, 5.74) is 9.37. The summed E-state index contributed by atoms with van der Waals surface area (Å²) in [4.78, 5) is 80.8. The van der Waals surface area contributed by atoms with Gasteiger partial charge in [0.2, 0.25) is 0 Å². The monoisotopic (exact) mass is 1230 g/mol. The molecule has 464 valence electrons. The molecule has 21 nitrogen and oxygen atoms in total. The zero-order chi connectivity index (χ0) is 63.3. The van der Waals surface area contributed by atoms with Gasteiger partial charge in [-0.25, -0.2) is 49.5 Å². The SMILES string of the molecule is CC(C)(C)c1ncc(C(=O)O)s1.Cc1cc(-c2cc(Nc3ccc(N4CCN(C)CC4)cn3)ncn2)ccc1CNC(=O)OC(C)(C)C.Cc1cc(-c2cc(Nc3ccc(N4CCN(C)CC4)cn3)ncn2)ccc1CNC(=O)c1cnc(C(C)(C)C)s1. The van der Waals surface area contributed by atoms with E-state index in [9.17, 15) is 14.4 Å². The molecular weight excluding hydrogens is 1150 g/mol. The van der Waals surface area contributed by atoms with E-state index in [0.29, 0.717) is 34.5 Å². The number of likely N-dealkylation sites (N-methyl/N-ethyl adjacent to an activating group) is 2. The Kier molecular flexibility index (Phi) is 21.6. The Morgan fingerprint density at radius 3 is 1.32 bits per heavy atom. The van der Waals surface area contributed by atoms with Crippen LogP contribution in [0.25, 0.3) is 22.5 Å². The molecule has 0 unspecified atom stereocenters. The fraction of sp³-hybridized carbons (Fsp3) is 0.400. The highest BCUT2D eigenvalue weighted by Crippen LogP contribution is 2.30. The molecule has 0 atom stereocenters. The van der Waals surface area contributed by atoms with Crippen LogP contribution >= 0.6 is 22.7 Å². The van der Waals surface area contributed by atoms with Crippen LogP contribution in [0, 0.1) is 13.8 Å². The number of nitrogens with one attached hydrogen (secondary N) is 4. The highest BCUT2D eigenvalue weighted by Gasteiger charge is 2.23. The van der Waals surface area contributed by atoms with Gasteiger partial charge >= 0.3 is 12.1 Å². The molecule has 2 aromatic carbocycles. The number of piperazine rings is 2. The van der Waals surface area contributed by atoms with E-state index in [1.54, 1.807) is 18.9 Å². The third-order valence-electron chi connectivity index (χ3n) is 14.3. The molecular formula is C65H82N16O5S2. The second kappa shape index (κ2) is 29.0. The van der Waals surface area contributed by atoms with E-state index in [1.165, 1.54) is 28.9 Å². The van der Waals surface area contributed by atoms with E-state index in [2.05, 4.69) is 140 Å². The van der Waals surface area contributed by atoms with Crippen LogP contribution in [0.15, 0.2) is 110 Å². The van der Waals surface area contributed by atoms with Gasteiger partial charge in [0, 0.05) is 99.5 Å². The molecule has 5 N–H and O–H groups in total. The van der Waals surface area contributed by atoms with Crippen LogP contribution in [0.1, 0.15) is 114 Å². The van der Waals surface area contributed by atoms with Gasteiger partial charge in [-0.05, 0) is 107 Å². The lowest BCUT2D eigenvalue weighted by atomic mass is 9.98. The minimum atomic E-state index is -0.900. The number of hydrogen-bond donors (Lipinski definition) is 5. The summed E-state index contributed by atoms with van der Waals surface area (Å²) in [6.45, 7) is 31.0. The van der Waals surface area contributed by atoms with Crippen molar-refractivity contribution in [3.05, 3.63) is 152 Å². The van der Waals surface area contributed by atoms with Gasteiger partial charge in [0.25, 0.3) is 5.91 Å². The number of carboxylic acid groups (broad SMARTS) is 1. The van der Waals surface area contributed by atoms with E-state index in [1.807, 2.05) is 116 Å². The number of hydrogen-bond acceptors (Lipinski definition) is 20.